The van der Waals surface area contributed by atoms with E-state index in [2.05, 4.69) is 30.4 Å². The number of benzene rings is 2. The molecule has 1 N–H and O–H groups in total. The molecule has 0 aliphatic heterocycles. The molecule has 20 heavy (non-hydrogen) atoms. The van der Waals surface area contributed by atoms with Crippen molar-refractivity contribution in [3.63, 3.8) is 0 Å². The standard InChI is InChI=1S/C17H21NO2/c1-13-7-8-17(19-3)15(9-13)12-20-16-6-4-5-14(10-16)11-18-2/h4-10,18H,11-12H2,1-3H3. The van der Waals surface area contributed by atoms with Crippen molar-refractivity contribution in [3.05, 3.63) is 59.2 Å². The lowest BCUT2D eigenvalue weighted by molar-refractivity contribution is 0.296. The molecule has 0 saturated carbocycles. The number of hydrogen-bond donors (Lipinski definition) is 1. The van der Waals surface area contributed by atoms with Crippen molar-refractivity contribution >= 4 is 0 Å². The highest BCUT2D eigenvalue weighted by atomic mass is 16.5. The van der Waals surface area contributed by atoms with Crippen molar-refractivity contribution in [1.29, 1.82) is 0 Å². The third-order valence-corrected chi connectivity index (χ3v) is 3.11. The quantitative estimate of drug-likeness (QED) is 0.874. The van der Waals surface area contributed by atoms with Crippen molar-refractivity contribution < 1.29 is 9.47 Å². The van der Waals surface area contributed by atoms with Gasteiger partial charge >= 0.3 is 0 Å². The van der Waals surface area contributed by atoms with E-state index in [-0.39, 0.29) is 0 Å². The smallest absolute Gasteiger partial charge is 0.125 e. The molecule has 0 heterocycles. The van der Waals surface area contributed by atoms with Crippen LogP contribution >= 0.6 is 0 Å². The van der Waals surface area contributed by atoms with Crippen LogP contribution in [0.3, 0.4) is 0 Å². The molecule has 0 aliphatic rings. The second-order valence-electron chi connectivity index (χ2n) is 4.78. The van der Waals surface area contributed by atoms with Gasteiger partial charge in [-0.3, -0.25) is 0 Å². The zero-order valence-electron chi connectivity index (χ0n) is 12.3. The molecule has 0 unspecified atom stereocenters. The van der Waals surface area contributed by atoms with Gasteiger partial charge in [-0.1, -0.05) is 23.8 Å². The van der Waals surface area contributed by atoms with Crippen LogP contribution in [0.25, 0.3) is 0 Å². The minimum Gasteiger partial charge on any atom is -0.496 e. The summed E-state index contributed by atoms with van der Waals surface area (Å²) < 4.78 is 11.2. The zero-order valence-corrected chi connectivity index (χ0v) is 12.3. The average Bonchev–Trinajstić information content (AvgIpc) is 2.46. The van der Waals surface area contributed by atoms with Gasteiger partial charge in [-0.05, 0) is 43.8 Å². The van der Waals surface area contributed by atoms with Crippen molar-refractivity contribution in [3.8, 4) is 11.5 Å². The third kappa shape index (κ3) is 3.75. The van der Waals surface area contributed by atoms with Gasteiger partial charge in [0.1, 0.15) is 18.1 Å². The van der Waals surface area contributed by atoms with E-state index in [0.29, 0.717) is 6.61 Å². The monoisotopic (exact) mass is 271 g/mol. The highest BCUT2D eigenvalue weighted by Crippen LogP contribution is 2.22. The first kappa shape index (κ1) is 14.4. The lowest BCUT2D eigenvalue weighted by Crippen LogP contribution is -2.05. The Labute approximate surface area is 120 Å². The number of hydrogen-bond acceptors (Lipinski definition) is 3. The van der Waals surface area contributed by atoms with Gasteiger partial charge in [0.05, 0.1) is 7.11 Å². The minimum atomic E-state index is 0.508. The molecule has 2 aromatic carbocycles. The fourth-order valence-corrected chi connectivity index (χ4v) is 2.13. The Kier molecular flexibility index (Phi) is 5.02. The predicted octanol–water partition coefficient (Wildman–Crippen LogP) is 3.30. The first-order valence-corrected chi connectivity index (χ1v) is 6.73. The van der Waals surface area contributed by atoms with Gasteiger partial charge in [-0.2, -0.15) is 0 Å². The summed E-state index contributed by atoms with van der Waals surface area (Å²) in [6.07, 6.45) is 0. The molecule has 0 radical (unpaired) electrons. The lowest BCUT2D eigenvalue weighted by Gasteiger charge is -2.12. The Hall–Kier alpha value is -2.00. The number of methoxy groups -OCH3 is 1. The predicted molar refractivity (Wildman–Crippen MR) is 81.3 cm³/mol. The van der Waals surface area contributed by atoms with Crippen LogP contribution in [-0.2, 0) is 13.2 Å². The maximum atomic E-state index is 5.87. The van der Waals surface area contributed by atoms with E-state index in [1.165, 1.54) is 11.1 Å². The summed E-state index contributed by atoms with van der Waals surface area (Å²) in [7, 11) is 3.62. The molecule has 2 aromatic rings. The number of rotatable bonds is 6. The van der Waals surface area contributed by atoms with Gasteiger partial charge in [0, 0.05) is 12.1 Å². The molecular formula is C17H21NO2. The molecule has 0 spiro atoms. The van der Waals surface area contributed by atoms with E-state index in [4.69, 9.17) is 9.47 Å². The summed E-state index contributed by atoms with van der Waals surface area (Å²) in [5.41, 5.74) is 3.47. The molecular weight excluding hydrogens is 250 g/mol. The molecule has 0 bridgehead atoms. The fourth-order valence-electron chi connectivity index (χ4n) is 2.13. The maximum absolute atomic E-state index is 5.87. The highest BCUT2D eigenvalue weighted by molar-refractivity contribution is 5.37. The topological polar surface area (TPSA) is 30.5 Å². The summed E-state index contributed by atoms with van der Waals surface area (Å²) >= 11 is 0. The molecule has 3 nitrogen and oxygen atoms in total. The van der Waals surface area contributed by atoms with Crippen LogP contribution in [0.15, 0.2) is 42.5 Å². The Bertz CT molecular complexity index is 567. The SMILES string of the molecule is CNCc1cccc(OCc2cc(C)ccc2OC)c1. The number of aryl methyl sites for hydroxylation is 1. The summed E-state index contributed by atoms with van der Waals surface area (Å²) in [4.78, 5) is 0. The third-order valence-electron chi connectivity index (χ3n) is 3.11. The summed E-state index contributed by atoms with van der Waals surface area (Å²) in [6.45, 7) is 3.41. The second kappa shape index (κ2) is 6.96. The van der Waals surface area contributed by atoms with Gasteiger partial charge in [0.25, 0.3) is 0 Å². The maximum Gasteiger partial charge on any atom is 0.125 e. The molecule has 0 atom stereocenters. The average molecular weight is 271 g/mol. The molecule has 0 aromatic heterocycles. The van der Waals surface area contributed by atoms with Gasteiger partial charge in [0.2, 0.25) is 0 Å². The van der Waals surface area contributed by atoms with Crippen LogP contribution in [0, 0.1) is 6.92 Å². The molecule has 0 fully saturated rings. The molecule has 2 rings (SSSR count). The van der Waals surface area contributed by atoms with Crippen LogP contribution in [-0.4, -0.2) is 14.2 Å². The van der Waals surface area contributed by atoms with E-state index in [1.54, 1.807) is 7.11 Å². The van der Waals surface area contributed by atoms with E-state index in [0.717, 1.165) is 23.6 Å². The number of nitrogens with one attached hydrogen (secondary N) is 1. The van der Waals surface area contributed by atoms with Crippen molar-refractivity contribution in [2.24, 2.45) is 0 Å². The second-order valence-corrected chi connectivity index (χ2v) is 4.78. The van der Waals surface area contributed by atoms with Gasteiger partial charge in [-0.15, -0.1) is 0 Å². The Balaban J connectivity index is 2.08. The first-order valence-electron chi connectivity index (χ1n) is 6.73. The zero-order chi connectivity index (χ0) is 14.4. The highest BCUT2D eigenvalue weighted by Gasteiger charge is 2.04. The van der Waals surface area contributed by atoms with Crippen LogP contribution in [0.2, 0.25) is 0 Å². The van der Waals surface area contributed by atoms with Gasteiger partial charge < -0.3 is 14.8 Å². The lowest BCUT2D eigenvalue weighted by atomic mass is 10.1. The molecule has 0 amide bonds. The fraction of sp³-hybridized carbons (Fsp3) is 0.294. The van der Waals surface area contributed by atoms with Gasteiger partial charge in [0.15, 0.2) is 0 Å². The van der Waals surface area contributed by atoms with Crippen LogP contribution in [0.5, 0.6) is 11.5 Å². The largest absolute Gasteiger partial charge is 0.496 e. The normalized spacial score (nSPS) is 10.3. The van der Waals surface area contributed by atoms with Crippen LogP contribution < -0.4 is 14.8 Å². The van der Waals surface area contributed by atoms with Crippen molar-refractivity contribution in [1.82, 2.24) is 5.32 Å². The van der Waals surface area contributed by atoms with E-state index in [9.17, 15) is 0 Å². The van der Waals surface area contributed by atoms with Crippen molar-refractivity contribution in [2.75, 3.05) is 14.2 Å². The Morgan fingerprint density at radius 1 is 1.10 bits per heavy atom. The molecule has 106 valence electrons. The first-order chi connectivity index (χ1) is 9.72. The summed E-state index contributed by atoms with van der Waals surface area (Å²) in [5, 5.41) is 3.14. The van der Waals surface area contributed by atoms with Crippen LogP contribution in [0.4, 0.5) is 0 Å². The van der Waals surface area contributed by atoms with Crippen LogP contribution in [0.1, 0.15) is 16.7 Å². The van der Waals surface area contributed by atoms with E-state index in [1.807, 2.05) is 31.3 Å². The van der Waals surface area contributed by atoms with Gasteiger partial charge in [-0.25, -0.2) is 0 Å². The summed E-state index contributed by atoms with van der Waals surface area (Å²) in [5.74, 6) is 1.74. The van der Waals surface area contributed by atoms with Crippen molar-refractivity contribution in [2.45, 2.75) is 20.1 Å². The minimum absolute atomic E-state index is 0.508. The molecule has 3 heteroatoms. The number of ether oxygens (including phenoxy) is 2. The molecule has 0 aliphatic carbocycles. The Morgan fingerprint density at radius 3 is 2.70 bits per heavy atom. The Morgan fingerprint density at radius 2 is 1.95 bits per heavy atom. The summed E-state index contributed by atoms with van der Waals surface area (Å²) in [6, 6.07) is 14.2. The molecule has 0 saturated heterocycles. The van der Waals surface area contributed by atoms with E-state index >= 15 is 0 Å². The van der Waals surface area contributed by atoms with E-state index < -0.39 is 0 Å².